The molecule has 5 heteroatoms. The van der Waals surface area contributed by atoms with Gasteiger partial charge in [-0.15, -0.1) is 0 Å². The van der Waals surface area contributed by atoms with Crippen LogP contribution in [0, 0.1) is 0 Å². The Balaban J connectivity index is 2.01. The Hall–Kier alpha value is -0.615. The lowest BCUT2D eigenvalue weighted by molar-refractivity contribution is 0.00578. The van der Waals surface area contributed by atoms with Crippen molar-refractivity contribution in [3.8, 4) is 0 Å². The Kier molecular flexibility index (Phi) is 3.93. The van der Waals surface area contributed by atoms with Gasteiger partial charge in [-0.05, 0) is 39.7 Å². The molecule has 0 bridgehead atoms. The van der Waals surface area contributed by atoms with Gasteiger partial charge in [0.15, 0.2) is 0 Å². The van der Waals surface area contributed by atoms with Crippen LogP contribution in [0.2, 0.25) is 0 Å². The largest absolute Gasteiger partial charge is 0.487 e. The Morgan fingerprint density at radius 2 is 1.79 bits per heavy atom. The molecule has 4 nitrogen and oxygen atoms in total. The summed E-state index contributed by atoms with van der Waals surface area (Å²) >= 11 is 0. The second-order valence-electron chi connectivity index (χ2n) is 6.39. The van der Waals surface area contributed by atoms with Crippen molar-refractivity contribution in [3.05, 3.63) is 23.7 Å². The summed E-state index contributed by atoms with van der Waals surface area (Å²) in [6.07, 6.45) is 3.57. The molecule has 0 unspecified atom stereocenters. The van der Waals surface area contributed by atoms with Gasteiger partial charge in [-0.3, -0.25) is 0 Å². The topological polar surface area (TPSA) is 58.9 Å². The lowest BCUT2D eigenvalue weighted by Crippen LogP contribution is -2.41. The fraction of sp³-hybridized carbons (Fsp3) is 0.714. The van der Waals surface area contributed by atoms with Crippen LogP contribution in [0.3, 0.4) is 0 Å². The third-order valence-corrected chi connectivity index (χ3v) is 4.13. The maximum Gasteiger partial charge on any atom is 0.487 e. The maximum absolute atomic E-state index is 9.61. The van der Waals surface area contributed by atoms with E-state index in [9.17, 15) is 10.2 Å². The summed E-state index contributed by atoms with van der Waals surface area (Å²) in [7, 11) is -0.387. The highest BCUT2D eigenvalue weighted by Crippen LogP contribution is 2.37. The second kappa shape index (κ2) is 5.06. The number of allylic oxidation sites excluding steroid dienone is 1. The van der Waals surface area contributed by atoms with Gasteiger partial charge in [0.1, 0.15) is 0 Å². The molecular formula is C14H23BO4. The molecule has 1 heterocycles. The van der Waals surface area contributed by atoms with E-state index in [-0.39, 0.29) is 18.3 Å². The molecule has 19 heavy (non-hydrogen) atoms. The summed E-state index contributed by atoms with van der Waals surface area (Å²) in [6, 6.07) is 0. The van der Waals surface area contributed by atoms with Gasteiger partial charge in [0.2, 0.25) is 0 Å². The van der Waals surface area contributed by atoms with Gasteiger partial charge in [-0.25, -0.2) is 0 Å². The minimum Gasteiger partial charge on any atom is -0.400 e. The van der Waals surface area contributed by atoms with E-state index in [1.165, 1.54) is 0 Å². The maximum atomic E-state index is 9.61. The van der Waals surface area contributed by atoms with Crippen LogP contribution in [-0.2, 0) is 9.31 Å². The average molecular weight is 266 g/mol. The third-order valence-electron chi connectivity index (χ3n) is 4.13. The third kappa shape index (κ3) is 3.29. The predicted octanol–water partition coefficient (Wildman–Crippen LogP) is 1.62. The van der Waals surface area contributed by atoms with Crippen LogP contribution >= 0.6 is 0 Å². The van der Waals surface area contributed by atoms with E-state index >= 15 is 0 Å². The van der Waals surface area contributed by atoms with Crippen LogP contribution < -0.4 is 0 Å². The molecule has 0 aromatic carbocycles. The molecule has 0 saturated carbocycles. The number of aliphatic hydroxyl groups is 2. The normalized spacial score (nSPS) is 33.8. The molecule has 106 valence electrons. The van der Waals surface area contributed by atoms with Gasteiger partial charge < -0.3 is 19.5 Å². The van der Waals surface area contributed by atoms with E-state index < -0.39 is 12.2 Å². The molecule has 1 saturated heterocycles. The first kappa shape index (κ1) is 14.8. The first-order chi connectivity index (χ1) is 8.69. The van der Waals surface area contributed by atoms with E-state index in [1.807, 2.05) is 39.7 Å². The molecule has 0 radical (unpaired) electrons. The highest BCUT2D eigenvalue weighted by Gasteiger charge is 2.50. The van der Waals surface area contributed by atoms with Gasteiger partial charge in [0.25, 0.3) is 0 Å². The Bertz CT molecular complexity index is 384. The van der Waals surface area contributed by atoms with E-state index in [0.29, 0.717) is 12.8 Å². The van der Waals surface area contributed by atoms with E-state index in [4.69, 9.17) is 9.31 Å². The van der Waals surface area contributed by atoms with Gasteiger partial charge in [0.05, 0.1) is 23.4 Å². The fourth-order valence-electron chi connectivity index (χ4n) is 2.31. The summed E-state index contributed by atoms with van der Waals surface area (Å²) in [6.45, 7) is 8.03. The standard InChI is InChI=1S/C14H23BO4/c1-13(2)14(3,4)19-15(18-13)6-5-10-7-11(16)9-12(17)8-10/h5-7,11-12,16-17H,8-9H2,1-4H3/b6-5-/t11-,12-/m1/s1. The van der Waals surface area contributed by atoms with Crippen molar-refractivity contribution in [1.29, 1.82) is 0 Å². The molecule has 1 aliphatic carbocycles. The molecule has 0 aromatic rings. The first-order valence-corrected chi connectivity index (χ1v) is 6.80. The van der Waals surface area contributed by atoms with Crippen LogP contribution in [0.4, 0.5) is 0 Å². The summed E-state index contributed by atoms with van der Waals surface area (Å²) in [4.78, 5) is 0. The monoisotopic (exact) mass is 266 g/mol. The van der Waals surface area contributed by atoms with Gasteiger partial charge in [-0.1, -0.05) is 18.1 Å². The van der Waals surface area contributed by atoms with Crippen molar-refractivity contribution in [3.63, 3.8) is 0 Å². The molecular weight excluding hydrogens is 243 g/mol. The quantitative estimate of drug-likeness (QED) is 0.745. The van der Waals surface area contributed by atoms with Gasteiger partial charge in [-0.2, -0.15) is 0 Å². The van der Waals surface area contributed by atoms with Crippen molar-refractivity contribution >= 4 is 7.12 Å². The predicted molar refractivity (Wildman–Crippen MR) is 74.6 cm³/mol. The zero-order valence-electron chi connectivity index (χ0n) is 12.1. The summed E-state index contributed by atoms with van der Waals surface area (Å²) in [5, 5.41) is 19.2. The van der Waals surface area contributed by atoms with Crippen LogP contribution in [-0.4, -0.2) is 40.7 Å². The second-order valence-corrected chi connectivity index (χ2v) is 6.39. The van der Waals surface area contributed by atoms with E-state index in [2.05, 4.69) is 0 Å². The van der Waals surface area contributed by atoms with E-state index in [0.717, 1.165) is 5.57 Å². The van der Waals surface area contributed by atoms with Crippen molar-refractivity contribution < 1.29 is 19.5 Å². The van der Waals surface area contributed by atoms with Crippen molar-refractivity contribution in [1.82, 2.24) is 0 Å². The highest BCUT2D eigenvalue weighted by molar-refractivity contribution is 6.51. The van der Waals surface area contributed by atoms with Crippen molar-refractivity contribution in [2.75, 3.05) is 0 Å². The Morgan fingerprint density at radius 1 is 1.21 bits per heavy atom. The van der Waals surface area contributed by atoms with Crippen LogP contribution in [0.5, 0.6) is 0 Å². The lowest BCUT2D eigenvalue weighted by atomic mass is 9.86. The van der Waals surface area contributed by atoms with E-state index in [1.54, 1.807) is 6.08 Å². The molecule has 0 aromatic heterocycles. The number of aliphatic hydroxyl groups excluding tert-OH is 2. The molecule has 1 aliphatic heterocycles. The minimum absolute atomic E-state index is 0.345. The number of hydrogen-bond donors (Lipinski definition) is 2. The zero-order chi connectivity index (χ0) is 14.3. The first-order valence-electron chi connectivity index (χ1n) is 6.80. The average Bonchev–Trinajstić information content (AvgIpc) is 2.43. The van der Waals surface area contributed by atoms with Crippen molar-refractivity contribution in [2.24, 2.45) is 0 Å². The fourth-order valence-corrected chi connectivity index (χ4v) is 2.31. The lowest BCUT2D eigenvalue weighted by Gasteiger charge is -2.32. The Morgan fingerprint density at radius 3 is 2.32 bits per heavy atom. The summed E-state index contributed by atoms with van der Waals surface area (Å²) in [5.74, 6) is 1.84. The number of rotatable bonds is 2. The SMILES string of the molecule is CC1(C)OB(/C=C\C2=C[C@@H](O)C[C@H](O)C2)OC1(C)C. The highest BCUT2D eigenvalue weighted by atomic mass is 16.7. The molecule has 2 rings (SSSR count). The molecule has 2 atom stereocenters. The smallest absolute Gasteiger partial charge is 0.400 e. The molecule has 0 amide bonds. The summed E-state index contributed by atoms with van der Waals surface area (Å²) in [5.41, 5.74) is 0.227. The summed E-state index contributed by atoms with van der Waals surface area (Å²) < 4.78 is 11.7. The molecule has 0 spiro atoms. The van der Waals surface area contributed by atoms with Crippen LogP contribution in [0.1, 0.15) is 40.5 Å². The van der Waals surface area contributed by atoms with Gasteiger partial charge >= 0.3 is 7.12 Å². The minimum atomic E-state index is -0.568. The molecule has 1 fully saturated rings. The zero-order valence-corrected chi connectivity index (χ0v) is 12.1. The molecule has 2 N–H and O–H groups in total. The van der Waals surface area contributed by atoms with Crippen LogP contribution in [0.25, 0.3) is 0 Å². The van der Waals surface area contributed by atoms with Crippen molar-refractivity contribution in [2.45, 2.75) is 63.9 Å². The number of hydrogen-bond acceptors (Lipinski definition) is 4. The van der Waals surface area contributed by atoms with Crippen LogP contribution in [0.15, 0.2) is 23.7 Å². The van der Waals surface area contributed by atoms with Gasteiger partial charge in [0, 0.05) is 6.42 Å². The molecule has 2 aliphatic rings. The Labute approximate surface area is 115 Å².